The number of carbonyl (C=O) groups is 1. The van der Waals surface area contributed by atoms with Crippen molar-refractivity contribution in [1.82, 2.24) is 4.90 Å². The van der Waals surface area contributed by atoms with Gasteiger partial charge in [0.2, 0.25) is 7.85 Å². The molecule has 2 aliphatic rings. The highest BCUT2D eigenvalue weighted by molar-refractivity contribution is 6.57. The monoisotopic (exact) mass is 146 g/mol. The van der Waals surface area contributed by atoms with Gasteiger partial charge in [0.15, 0.2) is 5.81 Å². The molecule has 3 atom stereocenters. The molecule has 1 saturated heterocycles. The number of nitriles is 1. The molecule has 0 unspecified atom stereocenters. The van der Waals surface area contributed by atoms with Gasteiger partial charge in [-0.05, 0) is 18.8 Å². The number of rotatable bonds is 0. The van der Waals surface area contributed by atoms with E-state index in [9.17, 15) is 4.79 Å². The third-order valence-electron chi connectivity index (χ3n) is 2.51. The third kappa shape index (κ3) is 0.840. The molecule has 0 bridgehead atoms. The van der Waals surface area contributed by atoms with E-state index in [0.29, 0.717) is 5.92 Å². The van der Waals surface area contributed by atoms with Crippen LogP contribution in [0.1, 0.15) is 12.8 Å². The summed E-state index contributed by atoms with van der Waals surface area (Å²) in [5.41, 5.74) is 0. The highest BCUT2D eigenvalue weighted by Gasteiger charge is 2.52. The zero-order valence-electron chi connectivity index (χ0n) is 6.03. The molecule has 2 rings (SSSR count). The highest BCUT2D eigenvalue weighted by atomic mass is 16.2. The van der Waals surface area contributed by atoms with Crippen molar-refractivity contribution in [3.63, 3.8) is 0 Å². The van der Waals surface area contributed by atoms with Gasteiger partial charge in [-0.2, -0.15) is 5.26 Å². The summed E-state index contributed by atoms with van der Waals surface area (Å²) in [6.45, 7) is 0. The Labute approximate surface area is 66.4 Å². The van der Waals surface area contributed by atoms with Gasteiger partial charge >= 0.3 is 0 Å². The van der Waals surface area contributed by atoms with Gasteiger partial charge in [-0.1, -0.05) is 0 Å². The van der Waals surface area contributed by atoms with Gasteiger partial charge in [0.1, 0.15) is 6.04 Å². The summed E-state index contributed by atoms with van der Waals surface area (Å²) >= 11 is 0. The first-order valence-corrected chi connectivity index (χ1v) is 3.71. The van der Waals surface area contributed by atoms with Crippen LogP contribution in [0.4, 0.5) is 4.79 Å². The molecule has 0 aromatic heterocycles. The quantitative estimate of drug-likeness (QED) is 0.460. The maximum atomic E-state index is 10.8. The second-order valence-electron chi connectivity index (χ2n) is 3.19. The van der Waals surface area contributed by atoms with Crippen LogP contribution < -0.4 is 0 Å². The van der Waals surface area contributed by atoms with Crippen LogP contribution in [0.5, 0.6) is 0 Å². The zero-order chi connectivity index (χ0) is 8.01. The van der Waals surface area contributed by atoms with Gasteiger partial charge in [0, 0.05) is 6.04 Å². The molecule has 1 aliphatic heterocycles. The number of hydrogen-bond donors (Lipinski definition) is 0. The van der Waals surface area contributed by atoms with Crippen molar-refractivity contribution in [3.8, 4) is 6.07 Å². The van der Waals surface area contributed by atoms with Crippen LogP contribution in [-0.4, -0.2) is 30.6 Å². The fourth-order valence-electron chi connectivity index (χ4n) is 1.89. The Bertz CT molecular complexity index is 247. The molecule has 0 aromatic rings. The van der Waals surface area contributed by atoms with Gasteiger partial charge in [-0.15, -0.1) is 0 Å². The molecule has 3 nitrogen and oxygen atoms in total. The van der Waals surface area contributed by atoms with E-state index in [1.165, 1.54) is 4.90 Å². The average Bonchev–Trinajstić information content (AvgIpc) is 2.61. The number of likely N-dealkylation sites (tertiary alicyclic amines) is 1. The topological polar surface area (TPSA) is 44.1 Å². The van der Waals surface area contributed by atoms with Gasteiger partial charge in [-0.25, -0.2) is 0 Å². The SMILES string of the molecule is [B]C(=O)N1[C@H](C#N)C[C@@H]2C[C@@H]21. The Kier molecular flexibility index (Phi) is 1.22. The Morgan fingerprint density at radius 2 is 2.36 bits per heavy atom. The van der Waals surface area contributed by atoms with Crippen molar-refractivity contribution in [2.24, 2.45) is 5.92 Å². The molecule has 0 N–H and O–H groups in total. The normalized spacial score (nSPS) is 39.5. The largest absolute Gasteiger partial charge is 0.333 e. The molecule has 1 saturated carbocycles. The molecule has 4 heteroatoms. The van der Waals surface area contributed by atoms with Crippen molar-refractivity contribution in [1.29, 1.82) is 5.26 Å². The lowest BCUT2D eigenvalue weighted by molar-refractivity contribution is 0.217. The predicted octanol–water partition coefficient (Wildman–Crippen LogP) is 0.261. The molecule has 11 heavy (non-hydrogen) atoms. The first kappa shape index (κ1) is 6.72. The molecule has 1 amide bonds. The summed E-state index contributed by atoms with van der Waals surface area (Å²) in [5, 5.41) is 8.62. The molecule has 0 aromatic carbocycles. The minimum Gasteiger partial charge on any atom is -0.333 e. The smallest absolute Gasteiger partial charge is 0.200 e. The fourth-order valence-corrected chi connectivity index (χ4v) is 1.89. The van der Waals surface area contributed by atoms with Crippen LogP contribution in [0, 0.1) is 17.2 Å². The van der Waals surface area contributed by atoms with Crippen molar-refractivity contribution in [3.05, 3.63) is 0 Å². The zero-order valence-corrected chi connectivity index (χ0v) is 6.03. The maximum absolute atomic E-state index is 10.8. The van der Waals surface area contributed by atoms with Crippen LogP contribution in [0.2, 0.25) is 0 Å². The highest BCUT2D eigenvalue weighted by Crippen LogP contribution is 2.47. The Morgan fingerprint density at radius 1 is 1.64 bits per heavy atom. The van der Waals surface area contributed by atoms with Crippen LogP contribution in [-0.2, 0) is 0 Å². The summed E-state index contributed by atoms with van der Waals surface area (Å²) in [6, 6.07) is 2.12. The van der Waals surface area contributed by atoms with Crippen molar-refractivity contribution < 1.29 is 4.79 Å². The summed E-state index contributed by atoms with van der Waals surface area (Å²) < 4.78 is 0. The first-order valence-electron chi connectivity index (χ1n) is 3.71. The fraction of sp³-hybridized carbons (Fsp3) is 0.714. The number of fused-ring (bicyclic) bond motifs is 1. The van der Waals surface area contributed by atoms with E-state index in [1.54, 1.807) is 0 Å². The van der Waals surface area contributed by atoms with Crippen LogP contribution in [0.3, 0.4) is 0 Å². The minimum absolute atomic E-state index is 0.253. The molecular weight excluding hydrogens is 139 g/mol. The summed E-state index contributed by atoms with van der Waals surface area (Å²) in [5.74, 6) is 0.119. The van der Waals surface area contributed by atoms with E-state index in [0.717, 1.165) is 12.8 Å². The van der Waals surface area contributed by atoms with E-state index in [2.05, 4.69) is 6.07 Å². The Balaban J connectivity index is 2.16. The van der Waals surface area contributed by atoms with Gasteiger partial charge < -0.3 is 4.90 Å². The lowest BCUT2D eigenvalue weighted by Crippen LogP contribution is -2.36. The minimum atomic E-state index is -0.443. The predicted molar refractivity (Wildman–Crippen MR) is 38.9 cm³/mol. The van der Waals surface area contributed by atoms with Crippen LogP contribution in [0.25, 0.3) is 0 Å². The van der Waals surface area contributed by atoms with Crippen molar-refractivity contribution in [2.45, 2.75) is 24.9 Å². The Morgan fingerprint density at radius 3 is 2.82 bits per heavy atom. The van der Waals surface area contributed by atoms with Gasteiger partial charge in [0.05, 0.1) is 6.07 Å². The van der Waals surface area contributed by atoms with Crippen molar-refractivity contribution in [2.75, 3.05) is 0 Å². The summed E-state index contributed by atoms with van der Waals surface area (Å²) in [6.07, 6.45) is 1.87. The maximum Gasteiger partial charge on any atom is 0.200 e. The number of piperidine rings is 1. The molecule has 2 fully saturated rings. The van der Waals surface area contributed by atoms with Gasteiger partial charge in [0.25, 0.3) is 0 Å². The number of amides is 1. The van der Waals surface area contributed by atoms with E-state index in [-0.39, 0.29) is 12.1 Å². The lowest BCUT2D eigenvalue weighted by atomic mass is 10.1. The second kappa shape index (κ2) is 2.01. The van der Waals surface area contributed by atoms with Crippen LogP contribution >= 0.6 is 0 Å². The summed E-state index contributed by atoms with van der Waals surface area (Å²) in [7, 11) is 5.12. The van der Waals surface area contributed by atoms with Gasteiger partial charge in [-0.3, -0.25) is 4.79 Å². The van der Waals surface area contributed by atoms with E-state index in [4.69, 9.17) is 13.1 Å². The molecule has 2 radical (unpaired) electrons. The molecule has 1 aliphatic carbocycles. The van der Waals surface area contributed by atoms with E-state index < -0.39 is 5.81 Å². The number of carbonyl (C=O) groups excluding carboxylic acids is 1. The molecule has 54 valence electrons. The molecule has 1 heterocycles. The standard InChI is InChI=1S/C7H7BN2O/c8-7(11)10-5(3-9)1-4-2-6(4)10/h4-6H,1-2H2/t4-,5+,6+/m1/s1. The second-order valence-corrected chi connectivity index (χ2v) is 3.19. The third-order valence-corrected chi connectivity index (χ3v) is 2.51. The molecule has 0 spiro atoms. The number of nitrogens with zero attached hydrogens (tertiary/aromatic N) is 2. The molecular formula is C7H7BN2O. The van der Waals surface area contributed by atoms with E-state index >= 15 is 0 Å². The summed E-state index contributed by atoms with van der Waals surface area (Å²) in [4.78, 5) is 12.3. The lowest BCUT2D eigenvalue weighted by Gasteiger charge is -2.20. The first-order chi connectivity index (χ1) is 5.24. The van der Waals surface area contributed by atoms with E-state index in [1.807, 2.05) is 0 Å². The Hall–Kier alpha value is -0.975. The van der Waals surface area contributed by atoms with Crippen LogP contribution in [0.15, 0.2) is 0 Å². The number of hydrogen-bond acceptors (Lipinski definition) is 2. The van der Waals surface area contributed by atoms with Crippen molar-refractivity contribution >= 4 is 13.7 Å². The average molecular weight is 146 g/mol.